The van der Waals surface area contributed by atoms with Crippen LogP contribution in [0.1, 0.15) is 28.9 Å². The Hall–Kier alpha value is -2.93. The first kappa shape index (κ1) is 20.4. The van der Waals surface area contributed by atoms with E-state index in [9.17, 15) is 0 Å². The summed E-state index contributed by atoms with van der Waals surface area (Å²) in [5.74, 6) is 0.920. The van der Waals surface area contributed by atoms with Crippen molar-refractivity contribution in [3.05, 3.63) is 83.2 Å². The van der Waals surface area contributed by atoms with Gasteiger partial charge in [-0.15, -0.1) is 0 Å². The molecule has 0 saturated carbocycles. The summed E-state index contributed by atoms with van der Waals surface area (Å²) in [7, 11) is 0. The van der Waals surface area contributed by atoms with Crippen LogP contribution in [-0.2, 0) is 12.8 Å². The monoisotopic (exact) mass is 469 g/mol. The molecule has 0 saturated heterocycles. The molecule has 34 heavy (non-hydrogen) atoms. The van der Waals surface area contributed by atoms with Gasteiger partial charge in [-0.05, 0) is 0 Å². The van der Waals surface area contributed by atoms with Crippen molar-refractivity contribution in [2.45, 2.75) is 25.3 Å². The Labute approximate surface area is 212 Å². The second kappa shape index (κ2) is 7.80. The van der Waals surface area contributed by atoms with E-state index in [4.69, 9.17) is 9.97 Å². The second-order valence-electron chi connectivity index (χ2n) is 8.95. The Bertz CT molecular complexity index is 1690. The second-order valence-corrected chi connectivity index (χ2v) is 11.1. The zero-order valence-electron chi connectivity index (χ0n) is 18.7. The molecule has 3 aromatic heterocycles. The van der Waals surface area contributed by atoms with E-state index < -0.39 is 0 Å². The van der Waals surface area contributed by atoms with E-state index in [0.717, 1.165) is 52.8 Å². The number of hydrogen-bond acceptors (Lipinski definition) is 3. The third-order valence-electron chi connectivity index (χ3n) is 7.10. The number of fused-ring (bicyclic) bond motifs is 8. The van der Waals surface area contributed by atoms with Gasteiger partial charge in [-0.25, -0.2) is 0 Å². The summed E-state index contributed by atoms with van der Waals surface area (Å²) in [6, 6.07) is 17.1. The quantitative estimate of drug-likeness (QED) is 0.373. The van der Waals surface area contributed by atoms with Crippen molar-refractivity contribution in [2.24, 2.45) is 0 Å². The Morgan fingerprint density at radius 1 is 1.03 bits per heavy atom. The van der Waals surface area contributed by atoms with Crippen molar-refractivity contribution >= 4 is 76.6 Å². The molecule has 1 unspecified atom stereocenters. The van der Waals surface area contributed by atoms with Crippen LogP contribution in [0.5, 0.6) is 0 Å². The van der Waals surface area contributed by atoms with E-state index >= 15 is 0 Å². The standard InChI is InChI=1S/C26H19N5.CH2.2Al/c27-16-13-14-23-19(15-16)17-7-2-5-11-22(17)30(23)26-29-20-9-3-1-8-18(20)25-28-21-10-4-6-12-24(21)31(25)26;;;/h1-4,6-10,12-14,16H,5,11,15H2;1H2;;. The molecule has 2 aliphatic rings. The zero-order chi connectivity index (χ0) is 22.8. The molecule has 2 radical (unpaired) electrons. The normalized spacial score (nSPS) is 16.6. The maximum absolute atomic E-state index is 5.26. The summed E-state index contributed by atoms with van der Waals surface area (Å²) < 4.78 is 6.96. The summed E-state index contributed by atoms with van der Waals surface area (Å²) in [4.78, 5) is 10.3. The van der Waals surface area contributed by atoms with Crippen LogP contribution in [0.3, 0.4) is 0 Å². The molecule has 7 heteroatoms. The summed E-state index contributed by atoms with van der Waals surface area (Å²) in [6.45, 7) is 0. The van der Waals surface area contributed by atoms with Crippen LogP contribution < -0.4 is 0 Å². The first-order valence-corrected chi connectivity index (χ1v) is 13.5. The molecule has 5 aromatic rings. The number of rotatable bonds is 3. The average Bonchev–Trinajstić information content (AvgIpc) is 3.44. The van der Waals surface area contributed by atoms with Crippen LogP contribution in [0.15, 0.2) is 60.7 Å². The van der Waals surface area contributed by atoms with Gasteiger partial charge in [0, 0.05) is 0 Å². The van der Waals surface area contributed by atoms with Gasteiger partial charge in [-0.1, -0.05) is 0 Å². The van der Waals surface area contributed by atoms with Crippen molar-refractivity contribution in [1.82, 2.24) is 21.8 Å². The van der Waals surface area contributed by atoms with E-state index in [-0.39, 0.29) is 15.0 Å². The van der Waals surface area contributed by atoms with Gasteiger partial charge in [-0.2, -0.15) is 0 Å². The number of imidazole rings is 1. The van der Waals surface area contributed by atoms with E-state index in [2.05, 4.69) is 107 Å². The molecule has 0 spiro atoms. The van der Waals surface area contributed by atoms with Crippen molar-refractivity contribution < 1.29 is 0 Å². The predicted octanol–water partition coefficient (Wildman–Crippen LogP) is 4.16. The Kier molecular flexibility index (Phi) is 4.69. The Morgan fingerprint density at radius 2 is 1.85 bits per heavy atom. The van der Waals surface area contributed by atoms with E-state index in [1.54, 1.807) is 0 Å². The van der Waals surface area contributed by atoms with Crippen molar-refractivity contribution in [2.75, 3.05) is 0 Å². The first-order valence-electron chi connectivity index (χ1n) is 11.7. The molecule has 0 amide bonds. The third-order valence-corrected chi connectivity index (χ3v) is 8.92. The molecule has 7 rings (SSSR count). The summed E-state index contributed by atoms with van der Waals surface area (Å²) >= 11 is 2.88. The van der Waals surface area contributed by atoms with Crippen LogP contribution in [0.25, 0.3) is 45.7 Å². The third kappa shape index (κ3) is 2.89. The van der Waals surface area contributed by atoms with Gasteiger partial charge >= 0.3 is 213 Å². The van der Waals surface area contributed by atoms with E-state index in [0.29, 0.717) is 6.04 Å². The van der Waals surface area contributed by atoms with E-state index in [1.165, 1.54) is 22.5 Å². The first-order chi connectivity index (χ1) is 16.7. The summed E-state index contributed by atoms with van der Waals surface area (Å²) in [5, 5.41) is 5.23. The van der Waals surface area contributed by atoms with Crippen molar-refractivity contribution in [3.8, 4) is 5.95 Å². The molecular weight excluding hydrogens is 448 g/mol. The molecule has 3 heterocycles. The van der Waals surface area contributed by atoms with Gasteiger partial charge in [0.2, 0.25) is 0 Å². The maximum atomic E-state index is 5.26. The molecular formula is C27H21Al2N5. The van der Waals surface area contributed by atoms with Gasteiger partial charge < -0.3 is 0 Å². The van der Waals surface area contributed by atoms with Crippen LogP contribution in [-0.4, -0.2) is 64.7 Å². The number of allylic oxidation sites excluding steroid dienone is 1. The number of hydrogen-bond donors (Lipinski definition) is 0. The number of aromatic nitrogens is 4. The Balaban J connectivity index is 1.60. The fraction of sp³-hybridized carbons (Fsp3) is 0.148. The van der Waals surface area contributed by atoms with Crippen LogP contribution in [0.2, 0.25) is 0 Å². The minimum atomic E-state index is 0.00533. The zero-order valence-corrected chi connectivity index (χ0v) is 21.0. The molecule has 1 atom stereocenters. The van der Waals surface area contributed by atoms with Crippen LogP contribution in [0, 0.1) is 0 Å². The number of benzene rings is 2. The van der Waals surface area contributed by atoms with Gasteiger partial charge in [-0.3, -0.25) is 0 Å². The topological polar surface area (TPSA) is 38.4 Å². The fourth-order valence-corrected chi connectivity index (χ4v) is 6.17. The minimum absolute atomic E-state index is 0.00533. The molecule has 160 valence electrons. The molecule has 0 N–H and O–H groups in total. The molecule has 2 aromatic carbocycles. The molecule has 2 aliphatic carbocycles. The van der Waals surface area contributed by atoms with Gasteiger partial charge in [0.1, 0.15) is 0 Å². The molecule has 5 nitrogen and oxygen atoms in total. The van der Waals surface area contributed by atoms with Crippen molar-refractivity contribution in [1.29, 1.82) is 0 Å². The average molecular weight is 469 g/mol. The number of para-hydroxylation sites is 3. The SMILES string of the molecule is [CH2]=[Al][N]([Al])C1C=Cc2c(c3c(n2-c2nc4ccccc4c4nc5ccccc5n24)CCC=C3)C1. The molecule has 0 fully saturated rings. The van der Waals surface area contributed by atoms with Crippen molar-refractivity contribution in [3.63, 3.8) is 0 Å². The molecule has 0 bridgehead atoms. The van der Waals surface area contributed by atoms with Gasteiger partial charge in [0.15, 0.2) is 0 Å². The molecule has 0 aliphatic heterocycles. The summed E-state index contributed by atoms with van der Waals surface area (Å²) in [5.41, 5.74) is 9.36. The number of nitrogens with zero attached hydrogens (tertiary/aromatic N) is 5. The fourth-order valence-electron chi connectivity index (χ4n) is 5.49. The van der Waals surface area contributed by atoms with Crippen LogP contribution >= 0.6 is 0 Å². The van der Waals surface area contributed by atoms with Crippen LogP contribution in [0.4, 0.5) is 0 Å². The van der Waals surface area contributed by atoms with Gasteiger partial charge in [0.05, 0.1) is 0 Å². The predicted molar refractivity (Wildman–Crippen MR) is 142 cm³/mol. The Morgan fingerprint density at radius 3 is 2.74 bits per heavy atom. The summed E-state index contributed by atoms with van der Waals surface area (Å²) in [6.07, 6.45) is 12.3. The van der Waals surface area contributed by atoms with Gasteiger partial charge in [0.25, 0.3) is 0 Å². The van der Waals surface area contributed by atoms with E-state index in [1.807, 2.05) is 0 Å².